The normalized spacial score (nSPS) is 33.1. The van der Waals surface area contributed by atoms with Crippen molar-refractivity contribution in [3.05, 3.63) is 0 Å². The second kappa shape index (κ2) is 7.25. The van der Waals surface area contributed by atoms with E-state index in [0.717, 1.165) is 6.42 Å². The number of hydrogen-bond donors (Lipinski definition) is 1. The molecular formula is C14H16F2O9S. The molecule has 2 bridgehead atoms. The number of halogens is 2. The van der Waals surface area contributed by atoms with Gasteiger partial charge in [0.1, 0.15) is 30.9 Å². The van der Waals surface area contributed by atoms with E-state index in [1.54, 1.807) is 0 Å². The summed E-state index contributed by atoms with van der Waals surface area (Å²) in [7, 11) is 0. The van der Waals surface area contributed by atoms with E-state index in [-0.39, 0.29) is 23.7 Å². The number of rotatable bonds is 8. The second-order valence-electron chi connectivity index (χ2n) is 6.55. The minimum Gasteiger partial charge on any atom is -0.460 e. The highest BCUT2D eigenvalue weighted by Crippen LogP contribution is 2.55. The van der Waals surface area contributed by atoms with E-state index in [9.17, 15) is 23.2 Å². The van der Waals surface area contributed by atoms with E-state index < -0.39 is 54.0 Å². The van der Waals surface area contributed by atoms with Crippen molar-refractivity contribution in [2.45, 2.75) is 37.2 Å². The van der Waals surface area contributed by atoms with E-state index in [2.05, 4.69) is 14.1 Å². The zero-order chi connectivity index (χ0) is 19.1. The maximum atomic E-state index is 13.2. The molecule has 0 aromatic heterocycles. The Kier molecular flexibility index (Phi) is 5.37. The summed E-state index contributed by atoms with van der Waals surface area (Å²) in [6, 6.07) is 0. The number of ether oxygens (including phenoxy) is 3. The van der Waals surface area contributed by atoms with Crippen molar-refractivity contribution in [2.24, 2.45) is 23.7 Å². The van der Waals surface area contributed by atoms with Crippen LogP contribution in [-0.4, -0.2) is 47.2 Å². The van der Waals surface area contributed by atoms with Gasteiger partial charge in [0.2, 0.25) is 0 Å². The molecule has 0 amide bonds. The first-order valence-corrected chi connectivity index (χ1v) is 8.60. The van der Waals surface area contributed by atoms with Gasteiger partial charge >= 0.3 is 23.2 Å². The van der Waals surface area contributed by atoms with Gasteiger partial charge in [-0.05, 0) is 19.8 Å². The van der Waals surface area contributed by atoms with Crippen molar-refractivity contribution < 1.29 is 52.0 Å². The van der Waals surface area contributed by atoms with Gasteiger partial charge in [-0.3, -0.25) is 9.59 Å². The van der Waals surface area contributed by atoms with Gasteiger partial charge in [-0.2, -0.15) is 8.78 Å². The Bertz CT molecular complexity index is 601. The van der Waals surface area contributed by atoms with Crippen LogP contribution in [0.2, 0.25) is 0 Å². The molecule has 3 fully saturated rings. The van der Waals surface area contributed by atoms with Gasteiger partial charge in [0, 0.05) is 11.8 Å². The molecule has 6 unspecified atom stereocenters. The van der Waals surface area contributed by atoms with Crippen LogP contribution in [-0.2, 0) is 38.0 Å². The van der Waals surface area contributed by atoms with Gasteiger partial charge in [0.25, 0.3) is 0 Å². The van der Waals surface area contributed by atoms with Crippen LogP contribution in [0, 0.1) is 23.7 Å². The van der Waals surface area contributed by atoms with Crippen LogP contribution in [0.3, 0.4) is 0 Å². The van der Waals surface area contributed by atoms with Crippen LogP contribution in [0.4, 0.5) is 8.78 Å². The largest absolute Gasteiger partial charge is 0.460 e. The third-order valence-electron chi connectivity index (χ3n) is 4.94. The number of esters is 3. The van der Waals surface area contributed by atoms with Crippen LogP contribution in [0.15, 0.2) is 0 Å². The zero-order valence-electron chi connectivity index (χ0n) is 13.5. The van der Waals surface area contributed by atoms with E-state index >= 15 is 0 Å². The third kappa shape index (κ3) is 3.50. The molecule has 1 N–H and O–H groups in total. The maximum absolute atomic E-state index is 13.2. The Morgan fingerprint density at radius 3 is 2.85 bits per heavy atom. The highest BCUT2D eigenvalue weighted by Gasteiger charge is 2.63. The minimum absolute atomic E-state index is 0.0384. The summed E-state index contributed by atoms with van der Waals surface area (Å²) in [6.45, 7) is 0.715. The molecule has 0 spiro atoms. The second-order valence-corrected chi connectivity index (χ2v) is 7.36. The maximum Gasteiger partial charge on any atom is 0.415 e. The van der Waals surface area contributed by atoms with E-state index in [0.29, 0.717) is 6.42 Å². The first-order chi connectivity index (χ1) is 12.2. The summed E-state index contributed by atoms with van der Waals surface area (Å²) >= 11 is -0.755. The van der Waals surface area contributed by atoms with E-state index in [4.69, 9.17) is 14.7 Å². The summed E-state index contributed by atoms with van der Waals surface area (Å²) in [4.78, 5) is 35.1. The lowest BCUT2D eigenvalue weighted by atomic mass is 9.88. The molecule has 1 heterocycles. The molecule has 0 aromatic rings. The highest BCUT2D eigenvalue weighted by molar-refractivity contribution is 7.96. The lowest BCUT2D eigenvalue weighted by Gasteiger charge is -2.26. The first kappa shape index (κ1) is 19.3. The lowest BCUT2D eigenvalue weighted by molar-refractivity contribution is -0.433. The Morgan fingerprint density at radius 1 is 1.42 bits per heavy atom. The van der Waals surface area contributed by atoms with Gasteiger partial charge in [-0.25, -0.2) is 10.1 Å². The molecule has 6 atom stereocenters. The number of carbonyl (C=O) groups is 3. The summed E-state index contributed by atoms with van der Waals surface area (Å²) in [6.07, 6.45) is 0.345. The molecule has 3 rings (SSSR count). The molecule has 9 nitrogen and oxygen atoms in total. The van der Waals surface area contributed by atoms with Gasteiger partial charge in [0.05, 0.1) is 11.8 Å². The molecule has 3 aliphatic rings. The molecule has 0 radical (unpaired) electrons. The fourth-order valence-electron chi connectivity index (χ4n) is 3.76. The van der Waals surface area contributed by atoms with E-state index in [1.165, 1.54) is 6.92 Å². The quantitative estimate of drug-likeness (QED) is 0.211. The van der Waals surface area contributed by atoms with Crippen molar-refractivity contribution in [2.75, 3.05) is 6.61 Å². The molecule has 26 heavy (non-hydrogen) atoms. The first-order valence-electron chi connectivity index (χ1n) is 7.86. The van der Waals surface area contributed by atoms with Crippen LogP contribution >= 0.6 is 12.0 Å². The number of hydrogen-bond acceptors (Lipinski definition) is 10. The van der Waals surface area contributed by atoms with E-state index in [1.807, 2.05) is 0 Å². The van der Waals surface area contributed by atoms with Crippen molar-refractivity contribution in [3.8, 4) is 0 Å². The van der Waals surface area contributed by atoms with Gasteiger partial charge < -0.3 is 14.2 Å². The smallest absolute Gasteiger partial charge is 0.415 e. The Morgan fingerprint density at radius 2 is 2.15 bits per heavy atom. The van der Waals surface area contributed by atoms with Gasteiger partial charge in [0.15, 0.2) is 0 Å². The summed E-state index contributed by atoms with van der Waals surface area (Å²) in [5, 5.41) is 6.68. The van der Waals surface area contributed by atoms with Gasteiger partial charge in [-0.1, -0.05) is 5.04 Å². The Labute approximate surface area is 150 Å². The van der Waals surface area contributed by atoms with Crippen molar-refractivity contribution >= 4 is 30.0 Å². The third-order valence-corrected chi connectivity index (χ3v) is 5.44. The fourth-order valence-corrected chi connectivity index (χ4v) is 4.00. The molecule has 146 valence electrons. The molecule has 0 aromatic carbocycles. The van der Waals surface area contributed by atoms with Crippen LogP contribution in [0.25, 0.3) is 0 Å². The average molecular weight is 398 g/mol. The molecule has 1 aliphatic heterocycles. The number of fused-ring (bicyclic) bond motifs is 1. The van der Waals surface area contributed by atoms with Crippen molar-refractivity contribution in [3.63, 3.8) is 0 Å². The lowest BCUT2D eigenvalue weighted by Crippen LogP contribution is -2.38. The number of carbonyl (C=O) groups excluding carboxylic acids is 3. The summed E-state index contributed by atoms with van der Waals surface area (Å²) in [5.41, 5.74) is 0. The summed E-state index contributed by atoms with van der Waals surface area (Å²) in [5.74, 6) is -3.99. The van der Waals surface area contributed by atoms with Crippen LogP contribution in [0.5, 0.6) is 0 Å². The monoisotopic (exact) mass is 398 g/mol. The zero-order valence-corrected chi connectivity index (χ0v) is 14.3. The van der Waals surface area contributed by atoms with Crippen molar-refractivity contribution in [1.82, 2.24) is 0 Å². The van der Waals surface area contributed by atoms with Gasteiger partial charge in [-0.15, -0.1) is 4.33 Å². The molecule has 2 aliphatic carbocycles. The summed E-state index contributed by atoms with van der Waals surface area (Å²) < 4.78 is 45.0. The molecule has 2 saturated carbocycles. The Hall–Kier alpha value is -1.50. The Balaban J connectivity index is 1.47. The predicted octanol–water partition coefficient (Wildman–Crippen LogP) is 1.32. The van der Waals surface area contributed by atoms with Crippen LogP contribution < -0.4 is 0 Å². The predicted molar refractivity (Wildman–Crippen MR) is 76.9 cm³/mol. The fraction of sp³-hybridized carbons (Fsp3) is 0.786. The number of alkyl halides is 2. The standard InChI is InChI=1S/C14H16F2O9S/c1-5(4-21-13(19)14(15,16)26-25-24-20)11(17)22-9-6-2-7-8(3-6)12(18)23-10(7)9/h5-10,20H,2-4H2,1H3. The SMILES string of the molecule is CC(COC(=O)C(F)(F)SOOO)C(=O)OC1C2CC3C(=O)OC1C3C2. The minimum atomic E-state index is -4.13. The van der Waals surface area contributed by atoms with Crippen LogP contribution in [0.1, 0.15) is 19.8 Å². The molecule has 1 saturated heterocycles. The average Bonchev–Trinajstić information content (AvgIpc) is 3.22. The highest BCUT2D eigenvalue weighted by atomic mass is 32.2. The molecule has 12 heteroatoms. The molecular weight excluding hydrogens is 382 g/mol. The topological polar surface area (TPSA) is 118 Å². The van der Waals surface area contributed by atoms with Crippen molar-refractivity contribution in [1.29, 1.82) is 0 Å².